The van der Waals surface area contributed by atoms with E-state index in [1.54, 1.807) is 6.07 Å². The zero-order chi connectivity index (χ0) is 14.8. The van der Waals surface area contributed by atoms with Gasteiger partial charge in [-0.3, -0.25) is 4.98 Å². The normalized spacial score (nSPS) is 18.9. The first-order chi connectivity index (χ1) is 10.2. The van der Waals surface area contributed by atoms with Gasteiger partial charge in [0.2, 0.25) is 0 Å². The molecular weight excluding hydrogens is 267 g/mol. The van der Waals surface area contributed by atoms with Crippen LogP contribution >= 0.6 is 0 Å². The van der Waals surface area contributed by atoms with Crippen LogP contribution in [-0.4, -0.2) is 21.3 Å². The number of hydrogen-bond donors (Lipinski definition) is 1. The third-order valence-electron chi connectivity index (χ3n) is 4.09. The second kappa shape index (κ2) is 5.84. The highest BCUT2D eigenvalue weighted by Gasteiger charge is 2.25. The number of hydrogen-bond acceptors (Lipinski definition) is 3. The van der Waals surface area contributed by atoms with E-state index < -0.39 is 0 Å². The van der Waals surface area contributed by atoms with Crippen LogP contribution in [0.25, 0.3) is 0 Å². The summed E-state index contributed by atoms with van der Waals surface area (Å²) in [7, 11) is 0. The molecule has 2 aromatic heterocycles. The van der Waals surface area contributed by atoms with Crippen molar-refractivity contribution in [2.24, 2.45) is 0 Å². The van der Waals surface area contributed by atoms with Crippen LogP contribution in [0.2, 0.25) is 0 Å². The number of fused-ring (bicyclic) bond motifs is 1. The maximum atomic E-state index is 13.0. The Morgan fingerprint density at radius 1 is 1.48 bits per heavy atom. The summed E-state index contributed by atoms with van der Waals surface area (Å²) < 4.78 is 15.1. The monoisotopic (exact) mass is 288 g/mol. The lowest BCUT2D eigenvalue weighted by Gasteiger charge is -2.25. The molecule has 3 rings (SSSR count). The largest absolute Gasteiger partial charge is 0.370 e. The molecule has 21 heavy (non-hydrogen) atoms. The summed E-state index contributed by atoms with van der Waals surface area (Å²) in [6.07, 6.45) is 4.48. The summed E-state index contributed by atoms with van der Waals surface area (Å²) in [6, 6.07) is 5.44. The molecule has 2 aromatic rings. The van der Waals surface area contributed by atoms with Crippen LogP contribution < -0.4 is 5.32 Å². The number of nitrogens with zero attached hydrogens (tertiary/aromatic N) is 3. The van der Waals surface area contributed by atoms with Crippen LogP contribution in [0, 0.1) is 5.82 Å². The molecule has 0 aliphatic carbocycles. The van der Waals surface area contributed by atoms with E-state index in [0.29, 0.717) is 5.92 Å². The lowest BCUT2D eigenvalue weighted by molar-refractivity contribution is 0.461. The standard InChI is InChI=1S/C16H21FN4/c1-3-4-11(2)14-9-16-18-8-7-15(21(16)20-14)13-6-5-12(17)10-19-13/h5-6,9-11,15,18H,3-4,7-8H2,1-2H3. The van der Waals surface area contributed by atoms with Gasteiger partial charge in [-0.1, -0.05) is 20.3 Å². The van der Waals surface area contributed by atoms with Gasteiger partial charge in [-0.15, -0.1) is 0 Å². The summed E-state index contributed by atoms with van der Waals surface area (Å²) >= 11 is 0. The first kappa shape index (κ1) is 14.0. The van der Waals surface area contributed by atoms with Crippen molar-refractivity contribution in [1.29, 1.82) is 0 Å². The van der Waals surface area contributed by atoms with Gasteiger partial charge >= 0.3 is 0 Å². The Balaban J connectivity index is 1.92. The van der Waals surface area contributed by atoms with Crippen molar-refractivity contribution in [3.8, 4) is 0 Å². The van der Waals surface area contributed by atoms with Gasteiger partial charge in [0, 0.05) is 18.5 Å². The van der Waals surface area contributed by atoms with Gasteiger partial charge in [0.1, 0.15) is 11.6 Å². The molecule has 1 aliphatic heterocycles. The predicted octanol–water partition coefficient (Wildman–Crippen LogP) is 3.73. The second-order valence-corrected chi connectivity index (χ2v) is 5.72. The van der Waals surface area contributed by atoms with Crippen molar-refractivity contribution in [2.75, 3.05) is 11.9 Å². The SMILES string of the molecule is CCCC(C)c1cc2n(n1)C(c1ccc(F)cn1)CCN2. The molecule has 0 spiro atoms. The number of nitrogens with one attached hydrogen (secondary N) is 1. The molecule has 2 atom stereocenters. The molecule has 5 heteroatoms. The van der Waals surface area contributed by atoms with E-state index in [2.05, 4.69) is 30.2 Å². The van der Waals surface area contributed by atoms with Crippen molar-refractivity contribution in [3.05, 3.63) is 41.6 Å². The Kier molecular flexibility index (Phi) is 3.90. The van der Waals surface area contributed by atoms with E-state index in [-0.39, 0.29) is 11.9 Å². The van der Waals surface area contributed by atoms with Gasteiger partial charge in [0.15, 0.2) is 0 Å². The Morgan fingerprint density at radius 3 is 3.05 bits per heavy atom. The number of pyridine rings is 1. The second-order valence-electron chi connectivity index (χ2n) is 5.72. The highest BCUT2D eigenvalue weighted by atomic mass is 19.1. The van der Waals surface area contributed by atoms with Gasteiger partial charge in [-0.25, -0.2) is 9.07 Å². The third kappa shape index (κ3) is 2.77. The van der Waals surface area contributed by atoms with Crippen LogP contribution in [0.1, 0.15) is 56.5 Å². The van der Waals surface area contributed by atoms with E-state index in [9.17, 15) is 4.39 Å². The first-order valence-electron chi connectivity index (χ1n) is 7.63. The Hall–Kier alpha value is -1.91. The Bertz CT molecular complexity index is 605. The minimum atomic E-state index is -0.300. The van der Waals surface area contributed by atoms with Gasteiger partial charge in [-0.05, 0) is 25.0 Å². The van der Waals surface area contributed by atoms with Crippen molar-refractivity contribution < 1.29 is 4.39 Å². The maximum Gasteiger partial charge on any atom is 0.141 e. The van der Waals surface area contributed by atoms with E-state index in [1.165, 1.54) is 12.3 Å². The fourth-order valence-electron chi connectivity index (χ4n) is 2.92. The van der Waals surface area contributed by atoms with Crippen LogP contribution in [0.3, 0.4) is 0 Å². The lowest BCUT2D eigenvalue weighted by Crippen LogP contribution is -2.25. The fraction of sp³-hybridized carbons (Fsp3) is 0.500. The van der Waals surface area contributed by atoms with Gasteiger partial charge in [-0.2, -0.15) is 5.10 Å². The van der Waals surface area contributed by atoms with Crippen molar-refractivity contribution in [2.45, 2.75) is 45.1 Å². The quantitative estimate of drug-likeness (QED) is 0.932. The van der Waals surface area contributed by atoms with E-state index >= 15 is 0 Å². The molecule has 1 N–H and O–H groups in total. The van der Waals surface area contributed by atoms with E-state index in [1.807, 2.05) is 4.68 Å². The first-order valence-corrected chi connectivity index (χ1v) is 7.63. The van der Waals surface area contributed by atoms with Crippen LogP contribution in [0.5, 0.6) is 0 Å². The van der Waals surface area contributed by atoms with E-state index in [0.717, 1.165) is 43.0 Å². The molecule has 0 aromatic carbocycles. The number of anilines is 1. The minimum Gasteiger partial charge on any atom is -0.370 e. The Labute approximate surface area is 124 Å². The zero-order valence-corrected chi connectivity index (χ0v) is 12.5. The lowest BCUT2D eigenvalue weighted by atomic mass is 10.0. The highest BCUT2D eigenvalue weighted by molar-refractivity contribution is 5.41. The van der Waals surface area contributed by atoms with Gasteiger partial charge in [0.25, 0.3) is 0 Å². The predicted molar refractivity (Wildman–Crippen MR) is 81.0 cm³/mol. The molecule has 0 radical (unpaired) electrons. The fourth-order valence-corrected chi connectivity index (χ4v) is 2.92. The summed E-state index contributed by atoms with van der Waals surface area (Å²) in [6.45, 7) is 5.29. The molecular formula is C16H21FN4. The molecule has 1 aliphatic rings. The van der Waals surface area contributed by atoms with Crippen molar-refractivity contribution in [1.82, 2.24) is 14.8 Å². The van der Waals surface area contributed by atoms with Gasteiger partial charge < -0.3 is 5.32 Å². The van der Waals surface area contributed by atoms with Crippen molar-refractivity contribution >= 4 is 5.82 Å². The molecule has 3 heterocycles. The van der Waals surface area contributed by atoms with E-state index in [4.69, 9.17) is 5.10 Å². The molecule has 2 unspecified atom stereocenters. The zero-order valence-electron chi connectivity index (χ0n) is 12.5. The average Bonchev–Trinajstić information content (AvgIpc) is 2.92. The van der Waals surface area contributed by atoms with Gasteiger partial charge in [0.05, 0.1) is 23.6 Å². The average molecular weight is 288 g/mol. The smallest absolute Gasteiger partial charge is 0.141 e. The summed E-state index contributed by atoms with van der Waals surface area (Å²) in [5, 5.41) is 8.16. The Morgan fingerprint density at radius 2 is 2.33 bits per heavy atom. The number of rotatable bonds is 4. The molecule has 0 amide bonds. The van der Waals surface area contributed by atoms with Crippen LogP contribution in [0.15, 0.2) is 24.4 Å². The summed E-state index contributed by atoms with van der Waals surface area (Å²) in [4.78, 5) is 4.23. The summed E-state index contributed by atoms with van der Waals surface area (Å²) in [5.41, 5.74) is 1.99. The highest BCUT2D eigenvalue weighted by Crippen LogP contribution is 2.31. The van der Waals surface area contributed by atoms with Crippen LogP contribution in [-0.2, 0) is 0 Å². The van der Waals surface area contributed by atoms with Crippen molar-refractivity contribution in [3.63, 3.8) is 0 Å². The third-order valence-corrected chi connectivity index (χ3v) is 4.09. The summed E-state index contributed by atoms with van der Waals surface area (Å²) in [5.74, 6) is 1.19. The molecule has 112 valence electrons. The maximum absolute atomic E-state index is 13.0. The van der Waals surface area contributed by atoms with Crippen LogP contribution in [0.4, 0.5) is 10.2 Å². The number of halogens is 1. The minimum absolute atomic E-state index is 0.0874. The topological polar surface area (TPSA) is 42.7 Å². The molecule has 0 saturated carbocycles. The number of aromatic nitrogens is 3. The molecule has 4 nitrogen and oxygen atoms in total. The molecule has 0 fully saturated rings. The molecule has 0 saturated heterocycles. The molecule has 0 bridgehead atoms.